The molecule has 4 nitrogen and oxygen atoms in total. The summed E-state index contributed by atoms with van der Waals surface area (Å²) < 4.78 is 48.6. The van der Waals surface area contributed by atoms with E-state index in [1.54, 1.807) is 6.07 Å². The number of ether oxygens (including phenoxy) is 2. The van der Waals surface area contributed by atoms with E-state index in [2.05, 4.69) is 55.6 Å². The predicted octanol–water partition coefficient (Wildman–Crippen LogP) is 5.65. The average Bonchev–Trinajstić information content (AvgIpc) is 3.56. The maximum Gasteiger partial charge on any atom is 0.573 e. The zero-order chi connectivity index (χ0) is 23.1. The highest BCUT2D eigenvalue weighted by Crippen LogP contribution is 2.47. The number of hydrogen-bond acceptors (Lipinski definition) is 4. The third-order valence-electron chi connectivity index (χ3n) is 7.07. The highest BCUT2D eigenvalue weighted by Gasteiger charge is 2.53. The number of rotatable bonds is 8. The molecule has 5 rings (SSSR count). The van der Waals surface area contributed by atoms with Crippen molar-refractivity contribution >= 4 is 15.9 Å². The first-order chi connectivity index (χ1) is 15.9. The highest BCUT2D eigenvalue weighted by atomic mass is 79.9. The molecule has 2 bridgehead atoms. The molecule has 1 saturated carbocycles. The number of halogens is 4. The van der Waals surface area contributed by atoms with Crippen molar-refractivity contribution < 1.29 is 22.6 Å². The molecule has 178 valence electrons. The second kappa shape index (κ2) is 9.12. The predicted molar refractivity (Wildman–Crippen MR) is 124 cm³/mol. The van der Waals surface area contributed by atoms with Crippen molar-refractivity contribution in [2.75, 3.05) is 5.33 Å². The molecule has 4 atom stereocenters. The van der Waals surface area contributed by atoms with Crippen molar-refractivity contribution in [2.24, 2.45) is 5.92 Å². The number of hydrogen-bond donors (Lipinski definition) is 2. The Bertz CT molecular complexity index is 970. The van der Waals surface area contributed by atoms with Gasteiger partial charge in [-0.15, -0.1) is 13.2 Å². The van der Waals surface area contributed by atoms with Crippen molar-refractivity contribution in [3.8, 4) is 11.5 Å². The Morgan fingerprint density at radius 1 is 1.06 bits per heavy atom. The standard InChI is InChI=1S/C25H28BrF3N2O2/c26-14-17-13-24(18-4-2-1-3-5-18)23(11-9-21(17)31-24)30-15-16-12-20(33-25(27,28)29)8-10-22(16)32-19-6-7-19/h1-5,8,10,12,17,19,21,23,30-31H,6-7,9,11,13-15H2. The van der Waals surface area contributed by atoms with E-state index in [1.165, 1.54) is 17.7 Å². The fourth-order valence-electron chi connectivity index (χ4n) is 5.39. The summed E-state index contributed by atoms with van der Waals surface area (Å²) in [5, 5.41) is 8.54. The smallest absolute Gasteiger partial charge is 0.490 e. The van der Waals surface area contributed by atoms with Gasteiger partial charge >= 0.3 is 6.36 Å². The van der Waals surface area contributed by atoms with Gasteiger partial charge in [0.15, 0.2) is 0 Å². The number of fused-ring (bicyclic) bond motifs is 2. The third kappa shape index (κ3) is 5.03. The maximum atomic E-state index is 12.8. The molecule has 33 heavy (non-hydrogen) atoms. The summed E-state index contributed by atoms with van der Waals surface area (Å²) in [4.78, 5) is 0. The second-order valence-electron chi connectivity index (χ2n) is 9.35. The largest absolute Gasteiger partial charge is 0.573 e. The minimum absolute atomic E-state index is 0.140. The normalized spacial score (nSPS) is 29.2. The molecule has 0 spiro atoms. The Morgan fingerprint density at radius 3 is 2.55 bits per heavy atom. The molecular weight excluding hydrogens is 497 g/mol. The van der Waals surface area contributed by atoms with Crippen LogP contribution in [0.3, 0.4) is 0 Å². The fraction of sp³-hybridized carbons (Fsp3) is 0.520. The minimum atomic E-state index is -4.72. The Kier molecular flexibility index (Phi) is 6.35. The quantitative estimate of drug-likeness (QED) is 0.438. The number of benzene rings is 2. The lowest BCUT2D eigenvalue weighted by atomic mass is 9.78. The van der Waals surface area contributed by atoms with Crippen molar-refractivity contribution in [3.63, 3.8) is 0 Å². The van der Waals surface area contributed by atoms with Crippen LogP contribution in [0.1, 0.15) is 43.2 Å². The summed E-state index contributed by atoms with van der Waals surface area (Å²) in [7, 11) is 0. The summed E-state index contributed by atoms with van der Waals surface area (Å²) in [5.74, 6) is 0.941. The van der Waals surface area contributed by atoms with Gasteiger partial charge in [0.05, 0.1) is 11.6 Å². The van der Waals surface area contributed by atoms with Gasteiger partial charge in [-0.1, -0.05) is 46.3 Å². The van der Waals surface area contributed by atoms with Gasteiger partial charge in [0, 0.05) is 29.5 Å². The Balaban J connectivity index is 1.39. The summed E-state index contributed by atoms with van der Waals surface area (Å²) in [6.07, 6.45) is 0.448. The van der Waals surface area contributed by atoms with Crippen molar-refractivity contribution in [2.45, 2.75) is 68.7 Å². The number of piperidine rings is 1. The lowest BCUT2D eigenvalue weighted by molar-refractivity contribution is -0.274. The summed E-state index contributed by atoms with van der Waals surface area (Å²) in [5.41, 5.74) is 1.73. The van der Waals surface area contributed by atoms with Gasteiger partial charge < -0.3 is 20.1 Å². The topological polar surface area (TPSA) is 42.5 Å². The van der Waals surface area contributed by atoms with Crippen LogP contribution in [-0.2, 0) is 12.1 Å². The van der Waals surface area contributed by atoms with E-state index < -0.39 is 6.36 Å². The minimum Gasteiger partial charge on any atom is -0.490 e. The van der Waals surface area contributed by atoms with Gasteiger partial charge in [0.25, 0.3) is 0 Å². The zero-order valence-corrected chi connectivity index (χ0v) is 19.8. The number of alkyl halides is 4. The molecule has 0 amide bonds. The molecule has 2 aliphatic heterocycles. The van der Waals surface area contributed by atoms with Crippen LogP contribution in [0.15, 0.2) is 48.5 Å². The van der Waals surface area contributed by atoms with E-state index >= 15 is 0 Å². The van der Waals surface area contributed by atoms with E-state index in [4.69, 9.17) is 4.74 Å². The van der Waals surface area contributed by atoms with Gasteiger partial charge in [-0.3, -0.25) is 0 Å². The van der Waals surface area contributed by atoms with Gasteiger partial charge in [-0.25, -0.2) is 0 Å². The van der Waals surface area contributed by atoms with Gasteiger partial charge in [-0.2, -0.15) is 0 Å². The molecule has 2 N–H and O–H groups in total. The summed E-state index contributed by atoms with van der Waals surface area (Å²) in [6, 6.07) is 15.4. The lowest BCUT2D eigenvalue weighted by Gasteiger charge is -2.43. The zero-order valence-electron chi connectivity index (χ0n) is 18.2. The molecule has 4 unspecified atom stereocenters. The lowest BCUT2D eigenvalue weighted by Crippen LogP contribution is -2.58. The Hall–Kier alpha value is -1.77. The van der Waals surface area contributed by atoms with Crippen LogP contribution in [0.25, 0.3) is 0 Å². The third-order valence-corrected chi connectivity index (χ3v) is 7.90. The van der Waals surface area contributed by atoms with E-state index in [1.807, 2.05) is 6.07 Å². The Labute approximate surface area is 200 Å². The molecule has 2 heterocycles. The molecule has 3 fully saturated rings. The van der Waals surface area contributed by atoms with E-state index in [9.17, 15) is 13.2 Å². The van der Waals surface area contributed by atoms with Crippen LogP contribution in [0.2, 0.25) is 0 Å². The van der Waals surface area contributed by atoms with Crippen molar-refractivity contribution in [3.05, 3.63) is 59.7 Å². The average molecular weight is 525 g/mol. The second-order valence-corrected chi connectivity index (χ2v) is 10.00. The number of nitrogens with one attached hydrogen (secondary N) is 2. The first-order valence-electron chi connectivity index (χ1n) is 11.5. The summed E-state index contributed by atoms with van der Waals surface area (Å²) >= 11 is 3.69. The molecule has 2 aromatic rings. The van der Waals surface area contributed by atoms with Crippen LogP contribution in [-0.4, -0.2) is 29.9 Å². The monoisotopic (exact) mass is 524 g/mol. The van der Waals surface area contributed by atoms with Gasteiger partial charge in [-0.05, 0) is 61.8 Å². The van der Waals surface area contributed by atoms with E-state index in [0.29, 0.717) is 29.8 Å². The SMILES string of the molecule is FC(F)(F)Oc1ccc(OC2CC2)c(CNC2CCC3NC2(c2ccccc2)CC3CBr)c1. The van der Waals surface area contributed by atoms with Crippen LogP contribution in [0.5, 0.6) is 11.5 Å². The van der Waals surface area contributed by atoms with Crippen LogP contribution < -0.4 is 20.1 Å². The molecule has 8 heteroatoms. The molecule has 2 aromatic carbocycles. The molecule has 3 aliphatic rings. The van der Waals surface area contributed by atoms with Crippen LogP contribution in [0, 0.1) is 5.92 Å². The van der Waals surface area contributed by atoms with Gasteiger partial charge in [0.2, 0.25) is 0 Å². The van der Waals surface area contributed by atoms with Crippen molar-refractivity contribution in [1.82, 2.24) is 10.6 Å². The summed E-state index contributed by atoms with van der Waals surface area (Å²) in [6.45, 7) is 0.404. The first-order valence-corrected chi connectivity index (χ1v) is 12.7. The van der Waals surface area contributed by atoms with E-state index in [-0.39, 0.29) is 23.4 Å². The molecule has 0 aromatic heterocycles. The maximum absolute atomic E-state index is 12.8. The fourth-order valence-corrected chi connectivity index (χ4v) is 6.07. The van der Waals surface area contributed by atoms with Crippen LogP contribution >= 0.6 is 15.9 Å². The van der Waals surface area contributed by atoms with E-state index in [0.717, 1.165) is 37.4 Å². The molecular formula is C25H28BrF3N2O2. The molecule has 2 saturated heterocycles. The Morgan fingerprint density at radius 2 is 1.85 bits per heavy atom. The van der Waals surface area contributed by atoms with Crippen molar-refractivity contribution in [1.29, 1.82) is 0 Å². The van der Waals surface area contributed by atoms with Crippen LogP contribution in [0.4, 0.5) is 13.2 Å². The molecule has 0 radical (unpaired) electrons. The van der Waals surface area contributed by atoms with Gasteiger partial charge in [0.1, 0.15) is 11.5 Å². The first kappa shape index (κ1) is 23.0. The molecule has 1 aliphatic carbocycles. The highest BCUT2D eigenvalue weighted by molar-refractivity contribution is 9.09.